The normalized spacial score (nSPS) is 26.0. The van der Waals surface area contributed by atoms with Gasteiger partial charge in [0, 0.05) is 11.5 Å². The Morgan fingerprint density at radius 1 is 1.12 bits per heavy atom. The Bertz CT molecular complexity index is 1510. The van der Waals surface area contributed by atoms with Crippen molar-refractivity contribution >= 4 is 23.2 Å². The predicted molar refractivity (Wildman–Crippen MR) is 145 cm³/mol. The number of methoxy groups -OCH3 is 1. The van der Waals surface area contributed by atoms with E-state index in [4.69, 9.17) is 10.5 Å². The number of ether oxygens (including phenoxy) is 1. The summed E-state index contributed by atoms with van der Waals surface area (Å²) in [5.74, 6) is -5.86. The highest BCUT2D eigenvalue weighted by Gasteiger charge is 2.64. The third-order valence-electron chi connectivity index (χ3n) is 8.52. The second-order valence-corrected chi connectivity index (χ2v) is 10.9. The summed E-state index contributed by atoms with van der Waals surface area (Å²) < 4.78 is 5.31. The van der Waals surface area contributed by atoms with Gasteiger partial charge < -0.3 is 30.9 Å². The largest absolute Gasteiger partial charge is 0.508 e. The van der Waals surface area contributed by atoms with Crippen molar-refractivity contribution in [1.82, 2.24) is 4.90 Å². The molecule has 1 amide bonds. The number of Topliss-reactive ketones (excluding diaryl/α,β-unsaturated/α-hetero) is 2. The first-order valence-corrected chi connectivity index (χ1v) is 13.0. The van der Waals surface area contributed by atoms with Crippen molar-refractivity contribution in [3.8, 4) is 11.5 Å². The summed E-state index contributed by atoms with van der Waals surface area (Å²) in [7, 11) is 4.74. The van der Waals surface area contributed by atoms with Crippen molar-refractivity contribution in [1.29, 1.82) is 0 Å². The Morgan fingerprint density at radius 3 is 2.50 bits per heavy atom. The predicted octanol–water partition coefficient (Wildman–Crippen LogP) is 1.76. The molecule has 4 atom stereocenters. The van der Waals surface area contributed by atoms with Crippen molar-refractivity contribution in [2.24, 2.45) is 17.6 Å². The number of phenolic OH excluding ortho intramolecular Hbond substituents is 1. The Morgan fingerprint density at radius 2 is 1.85 bits per heavy atom. The van der Waals surface area contributed by atoms with Crippen LogP contribution in [-0.2, 0) is 33.6 Å². The molecule has 10 nitrogen and oxygen atoms in total. The molecule has 40 heavy (non-hydrogen) atoms. The van der Waals surface area contributed by atoms with Gasteiger partial charge in [0.25, 0.3) is 5.91 Å². The van der Waals surface area contributed by atoms with Gasteiger partial charge in [-0.3, -0.25) is 19.3 Å². The van der Waals surface area contributed by atoms with Gasteiger partial charge in [0.05, 0.1) is 18.7 Å². The number of primary amides is 1. The van der Waals surface area contributed by atoms with Gasteiger partial charge >= 0.3 is 0 Å². The number of nitrogens with two attached hydrogens (primary N) is 1. The van der Waals surface area contributed by atoms with E-state index in [-0.39, 0.29) is 29.7 Å². The summed E-state index contributed by atoms with van der Waals surface area (Å²) in [4.78, 5) is 40.7. The smallest absolute Gasteiger partial charge is 0.255 e. The molecule has 0 heterocycles. The molecular weight excluding hydrogens is 516 g/mol. The highest BCUT2D eigenvalue weighted by molar-refractivity contribution is 6.24. The second-order valence-electron chi connectivity index (χ2n) is 10.9. The summed E-state index contributed by atoms with van der Waals surface area (Å²) in [6.45, 7) is 0. The average molecular weight is 549 g/mol. The molecule has 1 saturated carbocycles. The number of phenols is 1. The van der Waals surface area contributed by atoms with Crippen molar-refractivity contribution in [3.63, 3.8) is 0 Å². The monoisotopic (exact) mass is 548 g/mol. The van der Waals surface area contributed by atoms with E-state index in [0.29, 0.717) is 18.4 Å². The summed E-state index contributed by atoms with van der Waals surface area (Å²) in [6, 6.07) is 9.79. The number of aliphatic hydroxyl groups is 3. The lowest BCUT2D eigenvalue weighted by atomic mass is 9.57. The van der Waals surface area contributed by atoms with Crippen molar-refractivity contribution in [2.45, 2.75) is 37.3 Å². The Hall–Kier alpha value is -4.15. The van der Waals surface area contributed by atoms with Gasteiger partial charge in [-0.1, -0.05) is 18.2 Å². The molecule has 0 aromatic heterocycles. The number of likely N-dealkylation sites (N-methyl/N-ethyl adjacent to an activating group) is 1. The van der Waals surface area contributed by atoms with Crippen LogP contribution in [0.3, 0.4) is 0 Å². The number of aryl methyl sites for hydroxylation is 2. The second kappa shape index (κ2) is 9.79. The molecule has 2 aromatic carbocycles. The van der Waals surface area contributed by atoms with E-state index >= 15 is 0 Å². The minimum absolute atomic E-state index is 0.0523. The number of ketones is 2. The number of rotatable bonds is 6. The van der Waals surface area contributed by atoms with Crippen LogP contribution in [0.1, 0.15) is 28.7 Å². The summed E-state index contributed by atoms with van der Waals surface area (Å²) in [6.07, 6.45) is 1.55. The van der Waals surface area contributed by atoms with Crippen LogP contribution in [0.4, 0.5) is 0 Å². The fraction of sp³-hybridized carbons (Fsp3) is 0.367. The summed E-state index contributed by atoms with van der Waals surface area (Å²) in [5.41, 5.74) is 4.41. The van der Waals surface area contributed by atoms with Crippen LogP contribution in [0.5, 0.6) is 11.5 Å². The van der Waals surface area contributed by atoms with Crippen LogP contribution >= 0.6 is 0 Å². The van der Waals surface area contributed by atoms with Gasteiger partial charge in [-0.05, 0) is 80.6 Å². The molecule has 3 unspecified atom stereocenters. The lowest BCUT2D eigenvalue weighted by Crippen LogP contribution is -2.65. The quantitative estimate of drug-likeness (QED) is 0.338. The molecule has 3 aliphatic carbocycles. The first-order chi connectivity index (χ1) is 18.9. The number of carbonyl (C=O) groups excluding carboxylic acids is 3. The van der Waals surface area contributed by atoms with Crippen LogP contribution < -0.4 is 10.5 Å². The molecule has 0 aliphatic heterocycles. The molecule has 0 spiro atoms. The van der Waals surface area contributed by atoms with E-state index in [1.54, 1.807) is 27.3 Å². The highest BCUT2D eigenvalue weighted by atomic mass is 16.5. The molecule has 0 bridgehead atoms. The number of aliphatic hydroxyl groups excluding tert-OH is 2. The number of hydrogen-bond acceptors (Lipinski definition) is 9. The minimum atomic E-state index is -2.65. The number of carbonyl (C=O) groups is 3. The highest BCUT2D eigenvalue weighted by Crippen LogP contribution is 2.53. The Labute approximate surface area is 231 Å². The summed E-state index contributed by atoms with van der Waals surface area (Å²) >= 11 is 0. The molecule has 1 fully saturated rings. The Balaban J connectivity index is 1.60. The molecule has 6 N–H and O–H groups in total. The minimum Gasteiger partial charge on any atom is -0.508 e. The van der Waals surface area contributed by atoms with Gasteiger partial charge in [0.1, 0.15) is 28.6 Å². The van der Waals surface area contributed by atoms with Crippen LogP contribution in [0.15, 0.2) is 53.3 Å². The molecular formula is C30H32N2O8. The fourth-order valence-electron chi connectivity index (χ4n) is 6.65. The number of amides is 1. The number of benzene rings is 2. The van der Waals surface area contributed by atoms with Crippen LogP contribution in [0.25, 0.3) is 5.76 Å². The zero-order valence-electron chi connectivity index (χ0n) is 22.5. The molecule has 0 saturated heterocycles. The van der Waals surface area contributed by atoms with E-state index in [0.717, 1.165) is 16.9 Å². The van der Waals surface area contributed by atoms with Gasteiger partial charge in [-0.25, -0.2) is 0 Å². The van der Waals surface area contributed by atoms with Crippen molar-refractivity contribution in [3.05, 3.63) is 75.6 Å². The number of fused-ring (bicyclic) bond motifs is 3. The molecule has 210 valence electrons. The van der Waals surface area contributed by atoms with Gasteiger partial charge in [-0.2, -0.15) is 0 Å². The number of aromatic hydroxyl groups is 1. The topological polar surface area (TPSA) is 171 Å². The molecule has 10 heteroatoms. The first-order valence-electron chi connectivity index (χ1n) is 13.0. The van der Waals surface area contributed by atoms with Crippen molar-refractivity contribution in [2.75, 3.05) is 21.2 Å². The molecule has 5 rings (SSSR count). The summed E-state index contributed by atoms with van der Waals surface area (Å²) in [5, 5.41) is 44.8. The zero-order chi connectivity index (χ0) is 29.1. The maximum atomic E-state index is 13.9. The van der Waals surface area contributed by atoms with Crippen molar-refractivity contribution < 1.29 is 39.5 Å². The van der Waals surface area contributed by atoms with E-state index in [1.807, 2.05) is 24.3 Å². The standard InChI is InChI=1S/C30H32N2O8/c1-32(2)24-19-13-16-12-18-15(8-7-14-5-4-6-17(11-14)40-3)9-10-20(33)22(18)25(34)21(16)27(36)30(19,39)28(37)23(26(24)35)29(31)38/h4-6,9-11,16,19,24,33-34,37,39H,7-8,12-13H2,1-3H3,(H2,31,38)/t16?,19?,24?,30-/m0/s1. The maximum Gasteiger partial charge on any atom is 0.255 e. The third-order valence-corrected chi connectivity index (χ3v) is 8.52. The van der Waals surface area contributed by atoms with Gasteiger partial charge in [0.15, 0.2) is 11.4 Å². The van der Waals surface area contributed by atoms with E-state index < -0.39 is 58.0 Å². The lowest BCUT2D eigenvalue weighted by Gasteiger charge is -2.50. The lowest BCUT2D eigenvalue weighted by molar-refractivity contribution is -0.153. The number of hydrogen-bond donors (Lipinski definition) is 5. The van der Waals surface area contributed by atoms with E-state index in [9.17, 15) is 34.8 Å². The molecule has 0 radical (unpaired) electrons. The van der Waals surface area contributed by atoms with Gasteiger partial charge in [0.2, 0.25) is 5.78 Å². The molecule has 3 aliphatic rings. The Kier molecular flexibility index (Phi) is 6.71. The fourth-order valence-corrected chi connectivity index (χ4v) is 6.65. The van der Waals surface area contributed by atoms with Gasteiger partial charge in [-0.15, -0.1) is 0 Å². The first kappa shape index (κ1) is 27.4. The SMILES string of the molecule is COc1cccc(CCc2ccc(O)c3c2CC2CC4C(N(C)C)C(=O)C(C(N)=O)=C(O)[C@@]4(O)C(=O)C2=C3O)c1. The third kappa shape index (κ3) is 3.98. The molecule has 2 aromatic rings. The van der Waals surface area contributed by atoms with E-state index in [1.165, 1.54) is 11.0 Å². The van der Waals surface area contributed by atoms with Crippen LogP contribution in [0, 0.1) is 11.8 Å². The van der Waals surface area contributed by atoms with Crippen LogP contribution in [0.2, 0.25) is 0 Å². The number of nitrogens with zero attached hydrogens (tertiary/aromatic N) is 1. The maximum absolute atomic E-state index is 13.9. The average Bonchev–Trinajstić information content (AvgIpc) is 2.90. The zero-order valence-corrected chi connectivity index (χ0v) is 22.5. The van der Waals surface area contributed by atoms with E-state index in [2.05, 4.69) is 0 Å². The van der Waals surface area contributed by atoms with Crippen LogP contribution in [-0.4, -0.2) is 75.6 Å².